The fourth-order valence-electron chi connectivity index (χ4n) is 2.32. The number of ether oxygens (including phenoxy) is 2. The van der Waals surface area contributed by atoms with Crippen molar-refractivity contribution in [1.82, 2.24) is 0 Å². The zero-order chi connectivity index (χ0) is 19.3. The first-order chi connectivity index (χ1) is 12.3. The summed E-state index contributed by atoms with van der Waals surface area (Å²) in [7, 11) is -0.429. The second-order valence-electron chi connectivity index (χ2n) is 5.36. The van der Waals surface area contributed by atoms with Crippen molar-refractivity contribution in [2.75, 3.05) is 37.7 Å². The van der Waals surface area contributed by atoms with Crippen molar-refractivity contribution in [2.45, 2.75) is 4.90 Å². The Morgan fingerprint density at radius 1 is 1.12 bits per heavy atom. The molecule has 0 atom stereocenters. The molecule has 0 aliphatic rings. The Morgan fingerprint density at radius 3 is 2.42 bits per heavy atom. The fourth-order valence-corrected chi connectivity index (χ4v) is 4.53. The van der Waals surface area contributed by atoms with Crippen molar-refractivity contribution >= 4 is 43.0 Å². The van der Waals surface area contributed by atoms with Gasteiger partial charge in [0.25, 0.3) is 0 Å². The lowest BCUT2D eigenvalue weighted by molar-refractivity contribution is -0.114. The average molecular weight is 443 g/mol. The van der Waals surface area contributed by atoms with Crippen LogP contribution >= 0.6 is 15.9 Å². The molecular weight excluding hydrogens is 424 g/mol. The smallest absolute Gasteiger partial charge is 0.243 e. The maximum Gasteiger partial charge on any atom is 0.243 e. The van der Waals surface area contributed by atoms with Crippen molar-refractivity contribution in [3.8, 4) is 11.5 Å². The lowest BCUT2D eigenvalue weighted by atomic mass is 10.2. The molecule has 0 saturated carbocycles. The van der Waals surface area contributed by atoms with E-state index in [1.807, 2.05) is 0 Å². The van der Waals surface area contributed by atoms with Gasteiger partial charge in [0.15, 0.2) is 21.3 Å². The molecule has 140 valence electrons. The van der Waals surface area contributed by atoms with E-state index in [4.69, 9.17) is 9.47 Å². The number of hydrogen-bond acceptors (Lipinski definition) is 6. The van der Waals surface area contributed by atoms with E-state index < -0.39 is 9.84 Å². The Bertz CT molecular complexity index is 915. The molecule has 7 nitrogen and oxygen atoms in total. The summed E-state index contributed by atoms with van der Waals surface area (Å²) in [6.45, 7) is -0.104. The van der Waals surface area contributed by atoms with Gasteiger partial charge in [-0.2, -0.15) is 0 Å². The van der Waals surface area contributed by atoms with Crippen LogP contribution in [-0.2, 0) is 14.6 Å². The van der Waals surface area contributed by atoms with Gasteiger partial charge < -0.3 is 20.1 Å². The molecule has 26 heavy (non-hydrogen) atoms. The SMILES string of the molecule is COc1ccc(NC(=O)CNc2cccc(Br)c2S(C)(=O)=O)cc1OC. The van der Waals surface area contributed by atoms with Gasteiger partial charge in [-0.25, -0.2) is 8.42 Å². The molecule has 2 N–H and O–H groups in total. The number of carbonyl (C=O) groups excluding carboxylic acids is 1. The summed E-state index contributed by atoms with van der Waals surface area (Å²) >= 11 is 3.23. The van der Waals surface area contributed by atoms with Gasteiger partial charge in [0, 0.05) is 22.5 Å². The van der Waals surface area contributed by atoms with Crippen LogP contribution < -0.4 is 20.1 Å². The minimum absolute atomic E-state index is 0.104. The summed E-state index contributed by atoms with van der Waals surface area (Å²) in [4.78, 5) is 12.3. The van der Waals surface area contributed by atoms with Gasteiger partial charge in [0.05, 0.1) is 26.5 Å². The Balaban J connectivity index is 2.10. The highest BCUT2D eigenvalue weighted by atomic mass is 79.9. The number of hydrogen-bond donors (Lipinski definition) is 2. The second-order valence-corrected chi connectivity index (χ2v) is 8.17. The van der Waals surface area contributed by atoms with Crippen LogP contribution in [-0.4, -0.2) is 41.3 Å². The fraction of sp³-hybridized carbons (Fsp3) is 0.235. The number of nitrogens with one attached hydrogen (secondary N) is 2. The van der Waals surface area contributed by atoms with E-state index in [2.05, 4.69) is 26.6 Å². The van der Waals surface area contributed by atoms with Crippen LogP contribution in [0, 0.1) is 0 Å². The molecule has 1 amide bonds. The third-order valence-corrected chi connectivity index (χ3v) is 5.55. The quantitative estimate of drug-likeness (QED) is 0.684. The largest absolute Gasteiger partial charge is 0.493 e. The highest BCUT2D eigenvalue weighted by Crippen LogP contribution is 2.30. The molecule has 0 aliphatic heterocycles. The number of benzene rings is 2. The molecule has 2 aromatic carbocycles. The number of anilines is 2. The third-order valence-electron chi connectivity index (χ3n) is 3.44. The zero-order valence-electron chi connectivity index (χ0n) is 14.5. The molecule has 0 unspecified atom stereocenters. The summed E-state index contributed by atoms with van der Waals surface area (Å²) in [5, 5.41) is 5.57. The zero-order valence-corrected chi connectivity index (χ0v) is 16.9. The molecule has 0 aromatic heterocycles. The van der Waals surface area contributed by atoms with E-state index in [9.17, 15) is 13.2 Å². The highest BCUT2D eigenvalue weighted by molar-refractivity contribution is 9.10. The predicted molar refractivity (Wildman–Crippen MR) is 104 cm³/mol. The van der Waals surface area contributed by atoms with E-state index >= 15 is 0 Å². The van der Waals surface area contributed by atoms with Crippen molar-refractivity contribution < 1.29 is 22.7 Å². The summed E-state index contributed by atoms with van der Waals surface area (Å²) in [6, 6.07) is 9.92. The molecule has 2 rings (SSSR count). The number of carbonyl (C=O) groups is 1. The molecule has 0 bridgehead atoms. The molecule has 0 spiro atoms. The average Bonchev–Trinajstić information content (AvgIpc) is 2.58. The van der Waals surface area contributed by atoms with E-state index in [-0.39, 0.29) is 17.3 Å². The second kappa shape index (κ2) is 8.41. The Morgan fingerprint density at radius 2 is 1.81 bits per heavy atom. The van der Waals surface area contributed by atoms with E-state index in [0.717, 1.165) is 6.26 Å². The van der Waals surface area contributed by atoms with Gasteiger partial charge >= 0.3 is 0 Å². The first-order valence-electron chi connectivity index (χ1n) is 7.50. The van der Waals surface area contributed by atoms with Gasteiger partial charge in [-0.15, -0.1) is 0 Å². The van der Waals surface area contributed by atoms with Crippen LogP contribution in [0.4, 0.5) is 11.4 Å². The standard InChI is InChI=1S/C17H19BrN2O5S/c1-24-14-8-7-11(9-15(14)25-2)20-16(21)10-19-13-6-4-5-12(18)17(13)26(3,22)23/h4-9,19H,10H2,1-3H3,(H,20,21). The Hall–Kier alpha value is -2.26. The van der Waals surface area contributed by atoms with Gasteiger partial charge in [-0.05, 0) is 40.2 Å². The molecule has 9 heteroatoms. The van der Waals surface area contributed by atoms with Gasteiger partial charge in [-0.1, -0.05) is 6.07 Å². The summed E-state index contributed by atoms with van der Waals surface area (Å²) in [6.07, 6.45) is 1.11. The number of rotatable bonds is 7. The summed E-state index contributed by atoms with van der Waals surface area (Å²) in [5.74, 6) is 0.705. The van der Waals surface area contributed by atoms with Crippen LogP contribution in [0.2, 0.25) is 0 Å². The maximum atomic E-state index is 12.2. The molecule has 0 aliphatic carbocycles. The first kappa shape index (κ1) is 20.1. The van der Waals surface area contributed by atoms with E-state index in [1.54, 1.807) is 36.4 Å². The predicted octanol–water partition coefficient (Wildman–Crippen LogP) is 2.92. The molecule has 0 fully saturated rings. The molecular formula is C17H19BrN2O5S. The monoisotopic (exact) mass is 442 g/mol. The summed E-state index contributed by atoms with van der Waals surface area (Å²) in [5.41, 5.74) is 0.886. The van der Waals surface area contributed by atoms with E-state index in [1.165, 1.54) is 14.2 Å². The van der Waals surface area contributed by atoms with Crippen LogP contribution in [0.1, 0.15) is 0 Å². The Labute approximate surface area is 160 Å². The minimum Gasteiger partial charge on any atom is -0.493 e. The lowest BCUT2D eigenvalue weighted by Crippen LogP contribution is -2.22. The first-order valence-corrected chi connectivity index (χ1v) is 10.2. The third kappa shape index (κ3) is 4.89. The summed E-state index contributed by atoms with van der Waals surface area (Å²) < 4.78 is 34.7. The van der Waals surface area contributed by atoms with Crippen LogP contribution in [0.15, 0.2) is 45.8 Å². The number of methoxy groups -OCH3 is 2. The van der Waals surface area contributed by atoms with E-state index in [0.29, 0.717) is 27.3 Å². The van der Waals surface area contributed by atoms with Crippen LogP contribution in [0.25, 0.3) is 0 Å². The van der Waals surface area contributed by atoms with Gasteiger partial charge in [-0.3, -0.25) is 4.79 Å². The number of sulfone groups is 1. The molecule has 0 heterocycles. The van der Waals surface area contributed by atoms with Crippen molar-refractivity contribution in [1.29, 1.82) is 0 Å². The normalized spacial score (nSPS) is 10.9. The van der Waals surface area contributed by atoms with Crippen LogP contribution in [0.5, 0.6) is 11.5 Å². The molecule has 0 radical (unpaired) electrons. The highest BCUT2D eigenvalue weighted by Gasteiger charge is 2.17. The van der Waals surface area contributed by atoms with Gasteiger partial charge in [0.2, 0.25) is 5.91 Å². The van der Waals surface area contributed by atoms with Gasteiger partial charge in [0.1, 0.15) is 4.90 Å². The van der Waals surface area contributed by atoms with Crippen LogP contribution in [0.3, 0.4) is 0 Å². The number of amides is 1. The lowest BCUT2D eigenvalue weighted by Gasteiger charge is -2.13. The molecule has 2 aromatic rings. The maximum absolute atomic E-state index is 12.2. The Kier molecular flexibility index (Phi) is 6.49. The van der Waals surface area contributed by atoms with Crippen molar-refractivity contribution in [2.24, 2.45) is 0 Å². The topological polar surface area (TPSA) is 93.7 Å². The minimum atomic E-state index is -3.46. The number of halogens is 1. The van der Waals surface area contributed by atoms with Crippen molar-refractivity contribution in [3.05, 3.63) is 40.9 Å². The van der Waals surface area contributed by atoms with Crippen molar-refractivity contribution in [3.63, 3.8) is 0 Å². The molecule has 0 saturated heterocycles.